The van der Waals surface area contributed by atoms with Crippen LogP contribution >= 0.6 is 0 Å². The molecule has 12 nitrogen and oxygen atoms in total. The van der Waals surface area contributed by atoms with Crippen molar-refractivity contribution in [3.63, 3.8) is 0 Å². The summed E-state index contributed by atoms with van der Waals surface area (Å²) in [5, 5.41) is 33.9. The summed E-state index contributed by atoms with van der Waals surface area (Å²) in [5.41, 5.74) is -0.334. The highest BCUT2D eigenvalue weighted by Crippen LogP contribution is 2.35. The number of nitro benzene ring substituents is 2. The molecule has 0 aliphatic carbocycles. The topological polar surface area (TPSA) is 171 Å². The van der Waals surface area contributed by atoms with E-state index in [1.807, 2.05) is 0 Å². The lowest BCUT2D eigenvalue weighted by Crippen LogP contribution is -2.14. The summed E-state index contributed by atoms with van der Waals surface area (Å²) in [4.78, 5) is 33.4. The molecule has 1 heterocycles. The zero-order valence-electron chi connectivity index (χ0n) is 17.8. The Morgan fingerprint density at radius 2 is 1.65 bits per heavy atom. The highest BCUT2D eigenvalue weighted by Gasteiger charge is 2.18. The van der Waals surface area contributed by atoms with Gasteiger partial charge in [-0.15, -0.1) is 0 Å². The van der Waals surface area contributed by atoms with Crippen LogP contribution in [-0.2, 0) is 4.79 Å². The molecule has 0 bridgehead atoms. The quantitative estimate of drug-likeness (QED) is 0.220. The Balaban J connectivity index is 1.89. The molecule has 1 amide bonds. The largest absolute Gasteiger partial charge is 0.496 e. The van der Waals surface area contributed by atoms with Gasteiger partial charge in [-0.2, -0.15) is 5.26 Å². The van der Waals surface area contributed by atoms with Crippen LogP contribution in [0.15, 0.2) is 58.5 Å². The van der Waals surface area contributed by atoms with E-state index in [-0.39, 0.29) is 45.7 Å². The molecule has 1 N–H and O–H groups in total. The van der Waals surface area contributed by atoms with E-state index in [0.717, 1.165) is 6.07 Å². The molecule has 34 heavy (non-hydrogen) atoms. The lowest BCUT2D eigenvalue weighted by atomic mass is 10.1. The van der Waals surface area contributed by atoms with E-state index < -0.39 is 15.8 Å². The average molecular weight is 464 g/mol. The zero-order chi connectivity index (χ0) is 24.8. The maximum atomic E-state index is 12.6. The third kappa shape index (κ3) is 5.00. The van der Waals surface area contributed by atoms with Crippen molar-refractivity contribution in [3.05, 3.63) is 80.1 Å². The van der Waals surface area contributed by atoms with Gasteiger partial charge in [0, 0.05) is 24.3 Å². The highest BCUT2D eigenvalue weighted by molar-refractivity contribution is 6.10. The molecule has 0 spiro atoms. The Bertz CT molecular complexity index is 1350. The molecule has 1 aromatic heterocycles. The number of hydrogen-bond acceptors (Lipinski definition) is 9. The summed E-state index contributed by atoms with van der Waals surface area (Å²) in [6, 6.07) is 12.4. The molecule has 0 atom stereocenters. The molecule has 0 saturated carbocycles. The molecule has 0 aliphatic rings. The van der Waals surface area contributed by atoms with E-state index in [0.29, 0.717) is 5.56 Å². The summed E-state index contributed by atoms with van der Waals surface area (Å²) in [5.74, 6) is -0.0341. The number of nitrogens with zero attached hydrogens (tertiary/aromatic N) is 3. The number of carbonyl (C=O) groups excluding carboxylic acids is 1. The Morgan fingerprint density at radius 3 is 2.26 bits per heavy atom. The minimum Gasteiger partial charge on any atom is -0.496 e. The average Bonchev–Trinajstić information content (AvgIpc) is 3.30. The molecular weight excluding hydrogens is 448 g/mol. The number of nitro groups is 2. The summed E-state index contributed by atoms with van der Waals surface area (Å²) in [6.07, 6.45) is 1.18. The van der Waals surface area contributed by atoms with Crippen molar-refractivity contribution in [1.29, 1.82) is 5.26 Å². The number of nitriles is 1. The standard InChI is InChI=1S/C22H16N4O8/c1-32-20-7-4-14(25(28)29)10-18(20)24-22(27)13(12-23)9-16-5-8-19(34-16)17-6-3-15(26(30)31)11-21(17)33-2/h3-11H,1-2H3,(H,24,27)/b13-9+. The van der Waals surface area contributed by atoms with Crippen molar-refractivity contribution in [2.24, 2.45) is 0 Å². The van der Waals surface area contributed by atoms with Gasteiger partial charge in [0.2, 0.25) is 0 Å². The van der Waals surface area contributed by atoms with E-state index in [4.69, 9.17) is 13.9 Å². The van der Waals surface area contributed by atoms with Gasteiger partial charge < -0.3 is 19.2 Å². The van der Waals surface area contributed by atoms with Crippen molar-refractivity contribution in [3.8, 4) is 28.9 Å². The van der Waals surface area contributed by atoms with Gasteiger partial charge in [0.1, 0.15) is 34.7 Å². The summed E-state index contributed by atoms with van der Waals surface area (Å²) in [6.45, 7) is 0. The van der Waals surface area contributed by atoms with Gasteiger partial charge in [-0.1, -0.05) is 0 Å². The third-order valence-corrected chi connectivity index (χ3v) is 4.58. The van der Waals surface area contributed by atoms with E-state index >= 15 is 0 Å². The molecule has 0 unspecified atom stereocenters. The number of benzene rings is 2. The molecule has 2 aromatic carbocycles. The molecule has 3 rings (SSSR count). The van der Waals surface area contributed by atoms with Gasteiger partial charge in [0.15, 0.2) is 0 Å². The van der Waals surface area contributed by atoms with Gasteiger partial charge in [0.05, 0.1) is 41.4 Å². The smallest absolute Gasteiger partial charge is 0.273 e. The maximum absolute atomic E-state index is 12.6. The SMILES string of the molecule is COc1ccc([N+](=O)[O-])cc1NC(=O)/C(C#N)=C/c1ccc(-c2ccc([N+](=O)[O-])cc2OC)o1. The molecule has 0 radical (unpaired) electrons. The Morgan fingerprint density at radius 1 is 1.00 bits per heavy atom. The number of ether oxygens (including phenoxy) is 2. The van der Waals surface area contributed by atoms with Crippen LogP contribution in [0.5, 0.6) is 11.5 Å². The minimum atomic E-state index is -0.841. The number of carbonyl (C=O) groups is 1. The van der Waals surface area contributed by atoms with Crippen LogP contribution in [0.4, 0.5) is 17.1 Å². The van der Waals surface area contributed by atoms with Crippen LogP contribution in [0.2, 0.25) is 0 Å². The molecule has 3 aromatic rings. The third-order valence-electron chi connectivity index (χ3n) is 4.58. The van der Waals surface area contributed by atoms with E-state index in [9.17, 15) is 30.3 Å². The van der Waals surface area contributed by atoms with Crippen LogP contribution in [0.1, 0.15) is 5.76 Å². The molecule has 0 aliphatic heterocycles. The zero-order valence-corrected chi connectivity index (χ0v) is 17.8. The summed E-state index contributed by atoms with van der Waals surface area (Å²) in [7, 11) is 2.68. The van der Waals surface area contributed by atoms with Crippen molar-refractivity contribution >= 4 is 29.0 Å². The van der Waals surface area contributed by atoms with E-state index in [1.54, 1.807) is 12.1 Å². The number of hydrogen-bond donors (Lipinski definition) is 1. The van der Waals surface area contributed by atoms with Crippen molar-refractivity contribution in [2.45, 2.75) is 0 Å². The number of furan rings is 1. The summed E-state index contributed by atoms with van der Waals surface area (Å²) < 4.78 is 16.0. The van der Waals surface area contributed by atoms with Gasteiger partial charge in [0.25, 0.3) is 17.3 Å². The van der Waals surface area contributed by atoms with Gasteiger partial charge in [-0.05, 0) is 24.3 Å². The Hall–Kier alpha value is -5.18. The van der Waals surface area contributed by atoms with Crippen LogP contribution in [0.3, 0.4) is 0 Å². The summed E-state index contributed by atoms with van der Waals surface area (Å²) >= 11 is 0. The molecule has 0 saturated heterocycles. The number of anilines is 1. The number of non-ortho nitro benzene ring substituents is 2. The molecule has 172 valence electrons. The van der Waals surface area contributed by atoms with Crippen molar-refractivity contribution in [1.82, 2.24) is 0 Å². The fourth-order valence-corrected chi connectivity index (χ4v) is 2.96. The van der Waals surface area contributed by atoms with E-state index in [2.05, 4.69) is 5.32 Å². The van der Waals surface area contributed by atoms with Crippen LogP contribution in [-0.4, -0.2) is 30.0 Å². The second kappa shape index (κ2) is 9.96. The predicted octanol–water partition coefficient (Wildman–Crippen LogP) is 4.33. The lowest BCUT2D eigenvalue weighted by Gasteiger charge is -2.09. The van der Waals surface area contributed by atoms with E-state index in [1.165, 1.54) is 56.7 Å². The van der Waals surface area contributed by atoms with Crippen LogP contribution in [0.25, 0.3) is 17.4 Å². The predicted molar refractivity (Wildman–Crippen MR) is 119 cm³/mol. The normalized spacial score (nSPS) is 10.8. The second-order valence-corrected chi connectivity index (χ2v) is 6.61. The van der Waals surface area contributed by atoms with Crippen LogP contribution in [0, 0.1) is 31.6 Å². The fourth-order valence-electron chi connectivity index (χ4n) is 2.96. The Kier molecular flexibility index (Phi) is 6.88. The fraction of sp³-hybridized carbons (Fsp3) is 0.0909. The number of methoxy groups -OCH3 is 2. The first kappa shape index (κ1) is 23.5. The highest BCUT2D eigenvalue weighted by atomic mass is 16.6. The number of rotatable bonds is 8. The monoisotopic (exact) mass is 464 g/mol. The first-order chi connectivity index (χ1) is 16.3. The van der Waals surface area contributed by atoms with Crippen molar-refractivity contribution in [2.75, 3.05) is 19.5 Å². The van der Waals surface area contributed by atoms with Crippen molar-refractivity contribution < 1.29 is 28.5 Å². The van der Waals surface area contributed by atoms with Gasteiger partial charge in [-0.3, -0.25) is 25.0 Å². The Labute approximate surface area is 191 Å². The molecule has 0 fully saturated rings. The lowest BCUT2D eigenvalue weighted by molar-refractivity contribution is -0.385. The molecule has 12 heteroatoms. The first-order valence-electron chi connectivity index (χ1n) is 9.45. The first-order valence-corrected chi connectivity index (χ1v) is 9.45. The maximum Gasteiger partial charge on any atom is 0.273 e. The number of amides is 1. The number of nitrogens with one attached hydrogen (secondary N) is 1. The minimum absolute atomic E-state index is 0.0126. The van der Waals surface area contributed by atoms with Crippen LogP contribution < -0.4 is 14.8 Å². The molecular formula is C22H16N4O8. The second-order valence-electron chi connectivity index (χ2n) is 6.61. The van der Waals surface area contributed by atoms with Gasteiger partial charge in [-0.25, -0.2) is 0 Å². The van der Waals surface area contributed by atoms with Gasteiger partial charge >= 0.3 is 0 Å².